The van der Waals surface area contributed by atoms with Crippen LogP contribution in [0.3, 0.4) is 0 Å². The first kappa shape index (κ1) is 15.6. The van der Waals surface area contributed by atoms with Gasteiger partial charge in [-0.25, -0.2) is 0 Å². The maximum Gasteiger partial charge on any atom is 0.278 e. The molecule has 0 aromatic heterocycles. The molecule has 0 heterocycles. The van der Waals surface area contributed by atoms with E-state index in [1.54, 1.807) is 0 Å². The largest absolute Gasteiger partial charge is 0.493 e. The zero-order valence-corrected chi connectivity index (χ0v) is 12.4. The molecule has 2 rings (SSSR count). The lowest BCUT2D eigenvalue weighted by atomic mass is 9.89. The molecular weight excluding hydrogens is 274 g/mol. The molecule has 1 aliphatic carbocycles. The Morgan fingerprint density at radius 2 is 2.14 bits per heavy atom. The van der Waals surface area contributed by atoms with Crippen LogP contribution in [0.15, 0.2) is 12.1 Å². The number of aliphatic hydroxyl groups is 1. The Kier molecular flexibility index (Phi) is 5.01. The molecule has 0 aliphatic heterocycles. The molecule has 1 aliphatic rings. The molecule has 116 valence electrons. The van der Waals surface area contributed by atoms with E-state index in [0.717, 1.165) is 19.3 Å². The van der Waals surface area contributed by atoms with Crippen LogP contribution >= 0.6 is 0 Å². The van der Waals surface area contributed by atoms with Crippen LogP contribution in [0.4, 0.5) is 5.69 Å². The van der Waals surface area contributed by atoms with E-state index in [-0.39, 0.29) is 17.4 Å². The molecule has 0 bridgehead atoms. The van der Waals surface area contributed by atoms with Crippen LogP contribution in [-0.4, -0.2) is 23.2 Å². The lowest BCUT2D eigenvalue weighted by Crippen LogP contribution is -2.24. The Morgan fingerprint density at radius 3 is 2.71 bits per heavy atom. The van der Waals surface area contributed by atoms with Crippen molar-refractivity contribution in [2.45, 2.75) is 45.3 Å². The van der Waals surface area contributed by atoms with Gasteiger partial charge in [0.25, 0.3) is 5.69 Å². The highest BCUT2D eigenvalue weighted by Gasteiger charge is 2.24. The first-order chi connectivity index (χ1) is 10.0. The highest BCUT2D eigenvalue weighted by Crippen LogP contribution is 2.37. The maximum atomic E-state index is 11.1. The van der Waals surface area contributed by atoms with Gasteiger partial charge in [-0.3, -0.25) is 10.1 Å². The van der Waals surface area contributed by atoms with Crippen LogP contribution in [-0.2, 0) is 6.61 Å². The van der Waals surface area contributed by atoms with Crippen molar-refractivity contribution in [1.82, 2.24) is 0 Å². The molecule has 1 N–H and O–H groups in total. The van der Waals surface area contributed by atoms with Crippen molar-refractivity contribution in [2.24, 2.45) is 5.92 Å². The normalized spacial score (nSPS) is 21.9. The molecule has 2 unspecified atom stereocenters. The lowest BCUT2D eigenvalue weighted by molar-refractivity contribution is -0.386. The quantitative estimate of drug-likeness (QED) is 0.667. The van der Waals surface area contributed by atoms with E-state index in [1.807, 2.05) is 0 Å². The van der Waals surface area contributed by atoms with E-state index in [1.165, 1.54) is 25.7 Å². The highest BCUT2D eigenvalue weighted by atomic mass is 16.6. The predicted molar refractivity (Wildman–Crippen MR) is 77.6 cm³/mol. The number of nitrogens with zero attached hydrogens (tertiary/aromatic N) is 1. The SMILES string of the molecule is COc1cc(CO)c([N+](=O)[O-])cc1OC1CCCC(C)C1. The fourth-order valence-corrected chi connectivity index (χ4v) is 2.80. The van der Waals surface area contributed by atoms with Gasteiger partial charge in [0.15, 0.2) is 11.5 Å². The Morgan fingerprint density at radius 1 is 1.38 bits per heavy atom. The van der Waals surface area contributed by atoms with Crippen LogP contribution in [0.1, 0.15) is 38.2 Å². The molecule has 1 aromatic rings. The van der Waals surface area contributed by atoms with Gasteiger partial charge in [-0.2, -0.15) is 0 Å². The Bertz CT molecular complexity index is 517. The number of ether oxygens (including phenoxy) is 2. The van der Waals surface area contributed by atoms with Crippen molar-refractivity contribution < 1.29 is 19.5 Å². The standard InChI is InChI=1S/C15H21NO5/c1-10-4-3-5-12(6-10)21-15-8-13(16(18)19)11(9-17)7-14(15)20-2/h7-8,10,12,17H,3-6,9H2,1-2H3. The third kappa shape index (κ3) is 3.64. The Balaban J connectivity index is 2.28. The predicted octanol–water partition coefficient (Wildman–Crippen LogP) is 3.05. The molecule has 0 amide bonds. The van der Waals surface area contributed by atoms with Crippen LogP contribution < -0.4 is 9.47 Å². The van der Waals surface area contributed by atoms with Gasteiger partial charge < -0.3 is 14.6 Å². The van der Waals surface area contributed by atoms with Gasteiger partial charge in [-0.05, 0) is 31.2 Å². The summed E-state index contributed by atoms with van der Waals surface area (Å²) in [7, 11) is 1.48. The summed E-state index contributed by atoms with van der Waals surface area (Å²) in [5.41, 5.74) is 0.0818. The van der Waals surface area contributed by atoms with E-state index in [9.17, 15) is 15.2 Å². The molecule has 1 aromatic carbocycles. The van der Waals surface area contributed by atoms with E-state index in [0.29, 0.717) is 17.4 Å². The van der Waals surface area contributed by atoms with Crippen LogP contribution in [0.5, 0.6) is 11.5 Å². The molecular formula is C15H21NO5. The smallest absolute Gasteiger partial charge is 0.278 e. The van der Waals surface area contributed by atoms with Crippen molar-refractivity contribution in [1.29, 1.82) is 0 Å². The zero-order valence-electron chi connectivity index (χ0n) is 12.4. The molecule has 2 atom stereocenters. The summed E-state index contributed by atoms with van der Waals surface area (Å²) in [5, 5.41) is 20.3. The molecule has 1 fully saturated rings. The zero-order chi connectivity index (χ0) is 15.4. The number of nitro groups is 1. The van der Waals surface area contributed by atoms with Crippen molar-refractivity contribution in [3.63, 3.8) is 0 Å². The van der Waals surface area contributed by atoms with Gasteiger partial charge in [0.1, 0.15) is 0 Å². The number of hydrogen-bond acceptors (Lipinski definition) is 5. The third-order valence-electron chi connectivity index (χ3n) is 3.91. The average molecular weight is 295 g/mol. The summed E-state index contributed by atoms with van der Waals surface area (Å²) in [6.45, 7) is 1.78. The summed E-state index contributed by atoms with van der Waals surface area (Å²) < 4.78 is 11.2. The second-order valence-corrected chi connectivity index (χ2v) is 5.56. The monoisotopic (exact) mass is 295 g/mol. The van der Waals surface area contributed by atoms with Gasteiger partial charge in [-0.1, -0.05) is 13.3 Å². The van der Waals surface area contributed by atoms with E-state index < -0.39 is 11.5 Å². The lowest BCUT2D eigenvalue weighted by Gasteiger charge is -2.28. The molecule has 6 nitrogen and oxygen atoms in total. The minimum absolute atomic E-state index is 0.0576. The Labute approximate surface area is 123 Å². The fraction of sp³-hybridized carbons (Fsp3) is 0.600. The molecule has 6 heteroatoms. The number of benzene rings is 1. The number of methoxy groups -OCH3 is 1. The van der Waals surface area contributed by atoms with Crippen molar-refractivity contribution in [3.05, 3.63) is 27.8 Å². The molecule has 21 heavy (non-hydrogen) atoms. The first-order valence-corrected chi connectivity index (χ1v) is 7.18. The summed E-state index contributed by atoms with van der Waals surface area (Å²) in [6, 6.07) is 2.82. The van der Waals surface area contributed by atoms with Gasteiger partial charge in [0.2, 0.25) is 0 Å². The molecule has 1 saturated carbocycles. The van der Waals surface area contributed by atoms with Gasteiger partial charge in [-0.15, -0.1) is 0 Å². The van der Waals surface area contributed by atoms with Crippen LogP contribution in [0, 0.1) is 16.0 Å². The number of hydrogen-bond donors (Lipinski definition) is 1. The topological polar surface area (TPSA) is 81.8 Å². The summed E-state index contributed by atoms with van der Waals surface area (Å²) in [5.74, 6) is 1.39. The number of nitro benzene ring substituents is 1. The minimum atomic E-state index is -0.513. The van der Waals surface area contributed by atoms with Crippen molar-refractivity contribution in [2.75, 3.05) is 7.11 Å². The van der Waals surface area contributed by atoms with Gasteiger partial charge >= 0.3 is 0 Å². The molecule has 0 radical (unpaired) electrons. The second kappa shape index (κ2) is 6.76. The van der Waals surface area contributed by atoms with Crippen LogP contribution in [0.2, 0.25) is 0 Å². The Hall–Kier alpha value is -1.82. The molecule has 0 saturated heterocycles. The van der Waals surface area contributed by atoms with E-state index in [4.69, 9.17) is 9.47 Å². The van der Waals surface area contributed by atoms with Gasteiger partial charge in [0, 0.05) is 0 Å². The van der Waals surface area contributed by atoms with Gasteiger partial charge in [0.05, 0.1) is 36.4 Å². The van der Waals surface area contributed by atoms with E-state index >= 15 is 0 Å². The number of rotatable bonds is 5. The fourth-order valence-electron chi connectivity index (χ4n) is 2.80. The number of aliphatic hydroxyl groups excluding tert-OH is 1. The second-order valence-electron chi connectivity index (χ2n) is 5.56. The third-order valence-corrected chi connectivity index (χ3v) is 3.91. The minimum Gasteiger partial charge on any atom is -0.493 e. The highest BCUT2D eigenvalue weighted by molar-refractivity contribution is 5.54. The summed E-state index contributed by atoms with van der Waals surface area (Å²) in [4.78, 5) is 10.6. The average Bonchev–Trinajstić information content (AvgIpc) is 2.46. The van der Waals surface area contributed by atoms with Crippen molar-refractivity contribution >= 4 is 5.69 Å². The summed E-state index contributed by atoms with van der Waals surface area (Å²) in [6.07, 6.45) is 4.25. The van der Waals surface area contributed by atoms with Crippen molar-refractivity contribution in [3.8, 4) is 11.5 Å². The molecule has 0 spiro atoms. The first-order valence-electron chi connectivity index (χ1n) is 7.18. The maximum absolute atomic E-state index is 11.1. The summed E-state index contributed by atoms with van der Waals surface area (Å²) >= 11 is 0. The van der Waals surface area contributed by atoms with E-state index in [2.05, 4.69) is 6.92 Å². The van der Waals surface area contributed by atoms with Crippen LogP contribution in [0.25, 0.3) is 0 Å².